The maximum atomic E-state index is 12.3. The molecule has 0 fully saturated rings. The summed E-state index contributed by atoms with van der Waals surface area (Å²) in [5, 5.41) is 3.53. The molecule has 0 spiro atoms. The minimum absolute atomic E-state index is 0.158. The number of carbonyl (C=O) groups is 1. The quantitative estimate of drug-likeness (QED) is 0.166. The Hall–Kier alpha value is -3.29. The zero-order valence-electron chi connectivity index (χ0n) is 17.7. The lowest BCUT2D eigenvalue weighted by Crippen LogP contribution is -2.27. The van der Waals surface area contributed by atoms with Gasteiger partial charge in [-0.2, -0.15) is 0 Å². The highest BCUT2D eigenvalue weighted by Crippen LogP contribution is 2.44. The van der Waals surface area contributed by atoms with Gasteiger partial charge in [0.1, 0.15) is 12.4 Å². The maximum Gasteiger partial charge on any atom is 0.334 e. The van der Waals surface area contributed by atoms with Crippen LogP contribution in [0.25, 0.3) is 0 Å². The van der Waals surface area contributed by atoms with Gasteiger partial charge in [-0.15, -0.1) is 0 Å². The van der Waals surface area contributed by atoms with Crippen molar-refractivity contribution in [2.75, 3.05) is 13.2 Å². The molecule has 3 nitrogen and oxygen atoms in total. The summed E-state index contributed by atoms with van der Waals surface area (Å²) in [5.74, 6) is 2.17. The van der Waals surface area contributed by atoms with Crippen molar-refractivity contribution < 1.29 is 14.3 Å². The van der Waals surface area contributed by atoms with Crippen LogP contribution in [-0.4, -0.2) is 25.0 Å². The van der Waals surface area contributed by atoms with Gasteiger partial charge in [0.05, 0.1) is 12.7 Å². The van der Waals surface area contributed by atoms with Crippen LogP contribution in [0.2, 0.25) is 0 Å². The molecule has 0 aliphatic carbocycles. The van der Waals surface area contributed by atoms with Crippen LogP contribution in [0.4, 0.5) is 0 Å². The van der Waals surface area contributed by atoms with Crippen LogP contribution in [0.1, 0.15) is 6.92 Å². The Bertz CT molecular complexity index is 968. The van der Waals surface area contributed by atoms with Gasteiger partial charge in [0.15, 0.2) is 0 Å². The molecule has 0 saturated heterocycles. The molecule has 0 N–H and O–H groups in total. The van der Waals surface area contributed by atoms with Crippen LogP contribution in [0.5, 0.6) is 0 Å². The van der Waals surface area contributed by atoms with E-state index in [0.29, 0.717) is 12.4 Å². The van der Waals surface area contributed by atoms with Crippen molar-refractivity contribution >= 4 is 34.6 Å². The van der Waals surface area contributed by atoms with E-state index in [9.17, 15) is 4.79 Å². The Labute approximate surface area is 184 Å². The smallest absolute Gasteiger partial charge is 0.334 e. The first-order valence-corrected chi connectivity index (χ1v) is 12.1. The average Bonchev–Trinajstić information content (AvgIpc) is 2.83. The lowest BCUT2D eigenvalue weighted by molar-refractivity contribution is -0.136. The third-order valence-electron chi connectivity index (χ3n) is 4.73. The minimum Gasteiger partial charge on any atom is -0.494 e. The molecule has 158 valence electrons. The molecule has 0 aliphatic rings. The highest BCUT2D eigenvalue weighted by Gasteiger charge is 2.26. The van der Waals surface area contributed by atoms with Gasteiger partial charge in [-0.3, -0.25) is 0 Å². The summed E-state index contributed by atoms with van der Waals surface area (Å²) in [6.07, 6.45) is 2.97. The first-order valence-electron chi connectivity index (χ1n) is 10.2. The molecule has 0 atom stereocenters. The number of ether oxygens (including phenoxy) is 2. The molecule has 0 amide bonds. The summed E-state index contributed by atoms with van der Waals surface area (Å²) in [4.78, 5) is 12.3. The number of allylic oxidation sites excluding steroid dienone is 1. The second kappa shape index (κ2) is 11.2. The van der Waals surface area contributed by atoms with Crippen molar-refractivity contribution in [1.82, 2.24) is 0 Å². The minimum atomic E-state index is -2.27. The van der Waals surface area contributed by atoms with Crippen LogP contribution in [0.15, 0.2) is 115 Å². The zero-order valence-corrected chi connectivity index (χ0v) is 18.6. The summed E-state index contributed by atoms with van der Waals surface area (Å²) in [7, 11) is 0. The Morgan fingerprint density at radius 2 is 1.26 bits per heavy atom. The van der Waals surface area contributed by atoms with E-state index < -0.39 is 12.9 Å². The average molecular weight is 430 g/mol. The fraction of sp³-hybridized carbons (Fsp3) is 0.111. The van der Waals surface area contributed by atoms with Gasteiger partial charge in [-0.1, -0.05) is 104 Å². The molecule has 0 aliphatic heterocycles. The van der Waals surface area contributed by atoms with Crippen molar-refractivity contribution in [3.63, 3.8) is 0 Å². The Kier molecular flexibility index (Phi) is 8.09. The van der Waals surface area contributed by atoms with Gasteiger partial charge in [-0.25, -0.2) is 4.79 Å². The molecule has 3 aromatic carbocycles. The zero-order chi connectivity index (χ0) is 21.9. The number of carbonyl (C=O) groups excluding carboxylic acids is 1. The lowest BCUT2D eigenvalue weighted by Gasteiger charge is -2.29. The number of esters is 1. The SMILES string of the molecule is C=CCOC(=O)/C=C(\C=P(c1ccccc1)(c1ccccc1)c1ccccc1)OCC. The normalized spacial score (nSPS) is 11.5. The maximum absolute atomic E-state index is 12.3. The van der Waals surface area contributed by atoms with Crippen molar-refractivity contribution in [3.8, 4) is 0 Å². The molecule has 0 aromatic heterocycles. The van der Waals surface area contributed by atoms with Gasteiger partial charge in [0.25, 0.3) is 0 Å². The molecule has 3 aromatic rings. The summed E-state index contributed by atoms with van der Waals surface area (Å²) in [5.41, 5.74) is 0. The fourth-order valence-corrected chi connectivity index (χ4v) is 7.23. The summed E-state index contributed by atoms with van der Waals surface area (Å²) in [6, 6.07) is 31.2. The first-order chi connectivity index (χ1) is 15.2. The molecule has 31 heavy (non-hydrogen) atoms. The van der Waals surface area contributed by atoms with Gasteiger partial charge < -0.3 is 9.47 Å². The van der Waals surface area contributed by atoms with Crippen LogP contribution in [-0.2, 0) is 14.3 Å². The molecule has 0 heterocycles. The van der Waals surface area contributed by atoms with E-state index >= 15 is 0 Å². The second-order valence-electron chi connectivity index (χ2n) is 6.76. The molecule has 0 bridgehead atoms. The van der Waals surface area contributed by atoms with Gasteiger partial charge >= 0.3 is 5.97 Å². The topological polar surface area (TPSA) is 35.5 Å². The molecule has 0 radical (unpaired) electrons. The molecule has 3 rings (SSSR count). The number of hydrogen-bond acceptors (Lipinski definition) is 3. The predicted molar refractivity (Wildman–Crippen MR) is 132 cm³/mol. The largest absolute Gasteiger partial charge is 0.494 e. The second-order valence-corrected chi connectivity index (χ2v) is 10.0. The molecule has 0 saturated carbocycles. The number of rotatable bonds is 9. The van der Waals surface area contributed by atoms with E-state index in [1.54, 1.807) is 6.08 Å². The number of hydrogen-bond donors (Lipinski definition) is 0. The highest BCUT2D eigenvalue weighted by molar-refractivity contribution is 7.94. The van der Waals surface area contributed by atoms with Gasteiger partial charge in [0, 0.05) is 0 Å². The fourth-order valence-electron chi connectivity index (χ4n) is 3.43. The molecule has 4 heteroatoms. The predicted octanol–water partition coefficient (Wildman–Crippen LogP) is 4.43. The third kappa shape index (κ3) is 5.45. The highest BCUT2D eigenvalue weighted by atomic mass is 31.2. The first kappa shape index (κ1) is 22.4. The van der Waals surface area contributed by atoms with Crippen LogP contribution in [0.3, 0.4) is 0 Å². The molecular formula is C27H27O3P. The molecule has 0 unspecified atom stereocenters. The lowest BCUT2D eigenvalue weighted by atomic mass is 10.4. The van der Waals surface area contributed by atoms with E-state index in [-0.39, 0.29) is 6.61 Å². The molecular weight excluding hydrogens is 403 g/mol. The van der Waals surface area contributed by atoms with Crippen molar-refractivity contribution in [2.45, 2.75) is 6.92 Å². The van der Waals surface area contributed by atoms with Crippen molar-refractivity contribution in [2.24, 2.45) is 0 Å². The summed E-state index contributed by atoms with van der Waals surface area (Å²) >= 11 is 0. The summed E-state index contributed by atoms with van der Waals surface area (Å²) in [6.45, 7) is 3.83. The Morgan fingerprint density at radius 3 is 1.65 bits per heavy atom. The Morgan fingerprint density at radius 1 is 0.806 bits per heavy atom. The van der Waals surface area contributed by atoms with Gasteiger partial charge in [0.2, 0.25) is 0 Å². The monoisotopic (exact) mass is 430 g/mol. The summed E-state index contributed by atoms with van der Waals surface area (Å²) < 4.78 is 11.1. The van der Waals surface area contributed by atoms with E-state index in [1.165, 1.54) is 22.0 Å². The number of benzene rings is 3. The van der Waals surface area contributed by atoms with E-state index in [1.807, 2.05) is 61.5 Å². The standard InChI is InChI=1S/C27H27O3P/c1-3-20-30-27(28)21-23(29-4-2)22-31(24-14-8-5-9-15-24,25-16-10-6-11-17-25)26-18-12-7-13-19-26/h3,5-19,21-22H,1,4,20H2,2H3/b23-21+. The van der Waals surface area contributed by atoms with Crippen molar-refractivity contribution in [1.29, 1.82) is 0 Å². The van der Waals surface area contributed by atoms with E-state index in [0.717, 1.165) is 0 Å². The van der Waals surface area contributed by atoms with Gasteiger partial charge in [-0.05, 0) is 35.5 Å². The Balaban J connectivity index is 2.34. The van der Waals surface area contributed by atoms with Crippen LogP contribution < -0.4 is 15.9 Å². The van der Waals surface area contributed by atoms with E-state index in [4.69, 9.17) is 9.47 Å². The van der Waals surface area contributed by atoms with Crippen LogP contribution >= 0.6 is 6.89 Å². The third-order valence-corrected chi connectivity index (χ3v) is 8.71. The van der Waals surface area contributed by atoms with E-state index in [2.05, 4.69) is 48.8 Å². The van der Waals surface area contributed by atoms with Crippen molar-refractivity contribution in [3.05, 3.63) is 115 Å². The van der Waals surface area contributed by atoms with Crippen LogP contribution in [0, 0.1) is 0 Å².